The van der Waals surface area contributed by atoms with Crippen LogP contribution >= 0.6 is 0 Å². The van der Waals surface area contributed by atoms with E-state index in [2.05, 4.69) is 178 Å². The van der Waals surface area contributed by atoms with Crippen molar-refractivity contribution >= 4 is 32.9 Å². The summed E-state index contributed by atoms with van der Waals surface area (Å²) in [4.78, 5) is 4.90. The van der Waals surface area contributed by atoms with E-state index >= 15 is 0 Å². The second-order valence-electron chi connectivity index (χ2n) is 12.5. The number of fused-ring (bicyclic) bond motifs is 2. The number of hydrogen-bond donors (Lipinski definition) is 0. The molecule has 0 aliphatic carbocycles. The zero-order valence-electron chi connectivity index (χ0n) is 28.3. The minimum atomic E-state index is 1.01. The van der Waals surface area contributed by atoms with Gasteiger partial charge in [0.05, 0.1) is 5.69 Å². The van der Waals surface area contributed by atoms with Crippen LogP contribution < -0.4 is 0 Å². The molecule has 8 aromatic carbocycles. The summed E-state index contributed by atoms with van der Waals surface area (Å²) in [5.41, 5.74) is 13.1. The van der Waals surface area contributed by atoms with E-state index in [-0.39, 0.29) is 0 Å². The lowest BCUT2D eigenvalue weighted by Crippen LogP contribution is -1.94. The molecule has 0 saturated carbocycles. The van der Waals surface area contributed by atoms with E-state index in [0.717, 1.165) is 17.0 Å². The monoisotopic (exact) mass is 629 g/mol. The van der Waals surface area contributed by atoms with Crippen molar-refractivity contribution < 1.29 is 0 Å². The van der Waals surface area contributed by atoms with Gasteiger partial charge in [-0.2, -0.15) is 0 Å². The van der Waals surface area contributed by atoms with Crippen molar-refractivity contribution in [1.82, 2.24) is 0 Å². The van der Waals surface area contributed by atoms with Crippen molar-refractivity contribution in [3.05, 3.63) is 199 Å². The molecule has 0 radical (unpaired) electrons. The van der Waals surface area contributed by atoms with Crippen LogP contribution in [0.5, 0.6) is 0 Å². The third-order valence-corrected chi connectivity index (χ3v) is 9.13. The zero-order chi connectivity index (χ0) is 33.6. The Hall–Kier alpha value is -6.05. The first-order valence-electron chi connectivity index (χ1n) is 16.9. The summed E-state index contributed by atoms with van der Waals surface area (Å²) in [6, 6.07) is 64.7. The third kappa shape index (κ3) is 6.84. The van der Waals surface area contributed by atoms with E-state index in [9.17, 15) is 0 Å². The van der Waals surface area contributed by atoms with Gasteiger partial charge in [-0.05, 0) is 99.0 Å². The summed E-state index contributed by atoms with van der Waals surface area (Å²) in [5, 5.41) is 5.07. The van der Waals surface area contributed by atoms with E-state index < -0.39 is 0 Å². The highest BCUT2D eigenvalue weighted by molar-refractivity contribution is 6.22. The van der Waals surface area contributed by atoms with Crippen LogP contribution in [0, 0.1) is 13.8 Å². The second kappa shape index (κ2) is 14.4. The molecule has 0 aliphatic rings. The molecule has 0 aromatic heterocycles. The van der Waals surface area contributed by atoms with Crippen molar-refractivity contribution in [2.75, 3.05) is 0 Å². The van der Waals surface area contributed by atoms with E-state index in [0.29, 0.717) is 0 Å². The van der Waals surface area contributed by atoms with Crippen LogP contribution in [0.2, 0.25) is 0 Å². The minimum absolute atomic E-state index is 1.01. The van der Waals surface area contributed by atoms with E-state index in [1.165, 1.54) is 66.1 Å². The Labute approximate surface area is 289 Å². The Morgan fingerprint density at radius 3 is 1.41 bits per heavy atom. The van der Waals surface area contributed by atoms with Gasteiger partial charge in [-0.15, -0.1) is 0 Å². The highest BCUT2D eigenvalue weighted by Gasteiger charge is 2.17. The van der Waals surface area contributed by atoms with Gasteiger partial charge < -0.3 is 0 Å². The highest BCUT2D eigenvalue weighted by Crippen LogP contribution is 2.44. The van der Waals surface area contributed by atoms with Crippen molar-refractivity contribution in [1.29, 1.82) is 0 Å². The first-order valence-corrected chi connectivity index (χ1v) is 16.9. The summed E-state index contributed by atoms with van der Waals surface area (Å²) >= 11 is 0. The molecule has 0 unspecified atom stereocenters. The van der Waals surface area contributed by atoms with E-state index in [1.807, 2.05) is 24.3 Å². The van der Waals surface area contributed by atoms with Gasteiger partial charge in [0.25, 0.3) is 0 Å². The maximum Gasteiger partial charge on any atom is 0.0662 e. The van der Waals surface area contributed by atoms with Crippen LogP contribution in [0.15, 0.2) is 187 Å². The smallest absolute Gasteiger partial charge is 0.0662 e. The third-order valence-electron chi connectivity index (χ3n) is 9.13. The molecule has 0 amide bonds. The first kappa shape index (κ1) is 31.5. The van der Waals surface area contributed by atoms with Crippen LogP contribution in [0.25, 0.3) is 54.9 Å². The van der Waals surface area contributed by atoms with Gasteiger partial charge in [0.15, 0.2) is 0 Å². The SMILES string of the molecule is CC(=Nc1ccccc1C)c1ccc(-c2ccc3c(-c4ccccc4)c4ccccc4c(-c4ccccc4)c3c2)cc1.Cc1ccccc1. The van der Waals surface area contributed by atoms with Crippen LogP contribution in [0.3, 0.4) is 0 Å². The lowest BCUT2D eigenvalue weighted by molar-refractivity contribution is 1.38. The summed E-state index contributed by atoms with van der Waals surface area (Å²) in [5.74, 6) is 0. The molecule has 0 spiro atoms. The van der Waals surface area contributed by atoms with Crippen molar-refractivity contribution in [2.45, 2.75) is 20.8 Å². The molecule has 0 saturated heterocycles. The van der Waals surface area contributed by atoms with Crippen molar-refractivity contribution in [3.8, 4) is 33.4 Å². The molecule has 8 rings (SSSR count). The van der Waals surface area contributed by atoms with Crippen molar-refractivity contribution in [3.63, 3.8) is 0 Å². The van der Waals surface area contributed by atoms with Crippen LogP contribution in [-0.4, -0.2) is 5.71 Å². The molecule has 49 heavy (non-hydrogen) atoms. The Morgan fingerprint density at radius 1 is 0.388 bits per heavy atom. The highest BCUT2D eigenvalue weighted by atomic mass is 14.7. The topological polar surface area (TPSA) is 12.4 Å². The second-order valence-corrected chi connectivity index (χ2v) is 12.5. The molecule has 0 aliphatic heterocycles. The van der Waals surface area contributed by atoms with E-state index in [1.54, 1.807) is 0 Å². The van der Waals surface area contributed by atoms with Gasteiger partial charge in [-0.1, -0.05) is 175 Å². The van der Waals surface area contributed by atoms with Crippen molar-refractivity contribution in [2.24, 2.45) is 4.99 Å². The van der Waals surface area contributed by atoms with Crippen LogP contribution in [-0.2, 0) is 0 Å². The summed E-state index contributed by atoms with van der Waals surface area (Å²) < 4.78 is 0. The van der Waals surface area contributed by atoms with Gasteiger partial charge >= 0.3 is 0 Å². The van der Waals surface area contributed by atoms with Gasteiger partial charge in [-0.25, -0.2) is 0 Å². The fourth-order valence-electron chi connectivity index (χ4n) is 6.56. The van der Waals surface area contributed by atoms with Gasteiger partial charge in [0.2, 0.25) is 0 Å². The lowest BCUT2D eigenvalue weighted by Gasteiger charge is -2.18. The number of rotatable bonds is 5. The number of para-hydroxylation sites is 1. The normalized spacial score (nSPS) is 11.3. The molecular weight excluding hydrogens is 591 g/mol. The quantitative estimate of drug-likeness (QED) is 0.133. The molecule has 236 valence electrons. The average molecular weight is 630 g/mol. The molecule has 8 aromatic rings. The molecule has 0 atom stereocenters. The summed E-state index contributed by atoms with van der Waals surface area (Å²) in [7, 11) is 0. The van der Waals surface area contributed by atoms with Gasteiger partial charge in [0, 0.05) is 5.71 Å². The molecule has 0 fully saturated rings. The maximum atomic E-state index is 4.90. The number of aliphatic imine (C=N–C) groups is 1. The fraction of sp³-hybridized carbons (Fsp3) is 0.0625. The first-order chi connectivity index (χ1) is 24.1. The lowest BCUT2D eigenvalue weighted by atomic mass is 9.85. The summed E-state index contributed by atoms with van der Waals surface area (Å²) in [6.45, 7) is 6.27. The predicted octanol–water partition coefficient (Wildman–Crippen LogP) is 13.4. The molecule has 0 bridgehead atoms. The molecular formula is C48H39N. The number of benzene rings is 8. The van der Waals surface area contributed by atoms with Crippen LogP contribution in [0.1, 0.15) is 23.6 Å². The van der Waals surface area contributed by atoms with Crippen LogP contribution in [0.4, 0.5) is 5.69 Å². The standard InChI is InChI=1S/C41H31N.C7H8/c1-28-13-9-12-20-39(28)42-29(2)30-21-23-31(24-22-30)34-25-26-37-38(27-34)41(33-16-7-4-8-17-33)36-19-11-10-18-35(36)40(37)32-14-5-3-6-15-32;1-7-5-3-2-4-6-7/h3-27H,1-2H3;2-6H,1H3. The minimum Gasteiger partial charge on any atom is -0.253 e. The van der Waals surface area contributed by atoms with E-state index in [4.69, 9.17) is 4.99 Å². The molecule has 1 nitrogen and oxygen atoms in total. The Balaban J connectivity index is 0.000000483. The number of aryl methyl sites for hydroxylation is 2. The number of hydrogen-bond acceptors (Lipinski definition) is 1. The molecule has 1 heteroatoms. The average Bonchev–Trinajstić information content (AvgIpc) is 3.16. The Morgan fingerprint density at radius 2 is 0.857 bits per heavy atom. The molecule has 0 N–H and O–H groups in total. The predicted molar refractivity (Wildman–Crippen MR) is 212 cm³/mol. The maximum absolute atomic E-state index is 4.90. The van der Waals surface area contributed by atoms with Gasteiger partial charge in [-0.3, -0.25) is 4.99 Å². The Bertz CT molecular complexity index is 2370. The Kier molecular flexibility index (Phi) is 9.26. The number of nitrogens with zero attached hydrogens (tertiary/aromatic N) is 1. The zero-order valence-corrected chi connectivity index (χ0v) is 28.3. The largest absolute Gasteiger partial charge is 0.253 e. The fourth-order valence-corrected chi connectivity index (χ4v) is 6.56. The summed E-state index contributed by atoms with van der Waals surface area (Å²) in [6.07, 6.45) is 0. The van der Waals surface area contributed by atoms with Gasteiger partial charge in [0.1, 0.15) is 0 Å². The molecule has 0 heterocycles.